The summed E-state index contributed by atoms with van der Waals surface area (Å²) >= 11 is 0. The van der Waals surface area contributed by atoms with Crippen molar-refractivity contribution < 1.29 is 9.59 Å². The van der Waals surface area contributed by atoms with E-state index in [0.717, 1.165) is 49.1 Å². The summed E-state index contributed by atoms with van der Waals surface area (Å²) in [6.07, 6.45) is 11.0. The standard InChI is InChI=1S/C25H27N5O2/c26-13-19-4-2-1-3-18(19)11-23(31)29-9-6-25(7-10-29)12-22(25)15-28-24(32)30-16-20-5-8-27-14-21(20)17-30/h1-5,8,14,16,22,27H,6-7,9-12,15,17H2,(H,28,32). The second-order valence-electron chi connectivity index (χ2n) is 9.16. The molecule has 4 aliphatic rings. The number of piperidine rings is 1. The number of dihydropyridines is 1. The van der Waals surface area contributed by atoms with Crippen LogP contribution in [-0.2, 0) is 11.2 Å². The lowest BCUT2D eigenvalue weighted by molar-refractivity contribution is -0.132. The summed E-state index contributed by atoms with van der Waals surface area (Å²) in [5, 5.41) is 15.4. The van der Waals surface area contributed by atoms with Crippen LogP contribution >= 0.6 is 0 Å². The van der Waals surface area contributed by atoms with Gasteiger partial charge in [0.05, 0.1) is 24.6 Å². The fraction of sp³-hybridized carbons (Fsp3) is 0.400. The van der Waals surface area contributed by atoms with Crippen LogP contribution in [0.25, 0.3) is 0 Å². The minimum atomic E-state index is -0.0491. The Morgan fingerprint density at radius 1 is 1.25 bits per heavy atom. The Morgan fingerprint density at radius 2 is 2.06 bits per heavy atom. The largest absolute Gasteiger partial charge is 0.367 e. The predicted octanol–water partition coefficient (Wildman–Crippen LogP) is 2.64. The SMILES string of the molecule is N#Cc1ccccc1CC(=O)N1CCC2(CC1)CC2CNC(=O)N1C=C2C=CNC=C2C1. The topological polar surface area (TPSA) is 88.5 Å². The first-order valence-electron chi connectivity index (χ1n) is 11.2. The van der Waals surface area contributed by atoms with E-state index < -0.39 is 0 Å². The molecule has 2 N–H and O–H groups in total. The van der Waals surface area contributed by atoms with Gasteiger partial charge in [-0.25, -0.2) is 4.79 Å². The molecule has 5 rings (SSSR count). The molecular formula is C25H27N5O2. The maximum atomic E-state index is 12.8. The van der Waals surface area contributed by atoms with Gasteiger partial charge in [-0.1, -0.05) is 18.2 Å². The number of nitrogens with one attached hydrogen (secondary N) is 2. The van der Waals surface area contributed by atoms with E-state index in [9.17, 15) is 14.9 Å². The first kappa shape index (κ1) is 20.4. The molecule has 1 atom stereocenters. The summed E-state index contributed by atoms with van der Waals surface area (Å²) in [5.41, 5.74) is 3.84. The molecule has 0 aromatic heterocycles. The van der Waals surface area contributed by atoms with E-state index >= 15 is 0 Å². The number of nitrogens with zero attached hydrogens (tertiary/aromatic N) is 3. The number of nitriles is 1. The number of hydrogen-bond donors (Lipinski definition) is 2. The first-order chi connectivity index (χ1) is 15.6. The van der Waals surface area contributed by atoms with E-state index in [0.29, 0.717) is 24.6 Å². The summed E-state index contributed by atoms with van der Waals surface area (Å²) in [6, 6.07) is 9.43. The van der Waals surface area contributed by atoms with Crippen molar-refractivity contribution in [3.63, 3.8) is 0 Å². The number of fused-ring (bicyclic) bond motifs is 1. The van der Waals surface area contributed by atoms with Gasteiger partial charge in [0.25, 0.3) is 0 Å². The van der Waals surface area contributed by atoms with Crippen LogP contribution in [0.2, 0.25) is 0 Å². The first-order valence-corrected chi connectivity index (χ1v) is 11.2. The normalized spacial score (nSPS) is 22.4. The van der Waals surface area contributed by atoms with Crippen molar-refractivity contribution in [2.75, 3.05) is 26.2 Å². The second-order valence-corrected chi connectivity index (χ2v) is 9.16. The van der Waals surface area contributed by atoms with E-state index in [1.54, 1.807) is 11.0 Å². The molecule has 0 bridgehead atoms. The van der Waals surface area contributed by atoms with Crippen LogP contribution in [0.4, 0.5) is 4.79 Å². The minimum Gasteiger partial charge on any atom is -0.367 e. The second kappa shape index (κ2) is 8.19. The molecule has 1 aliphatic carbocycles. The van der Waals surface area contributed by atoms with Gasteiger partial charge in [0.1, 0.15) is 0 Å². The molecular weight excluding hydrogens is 402 g/mol. The van der Waals surface area contributed by atoms with Crippen LogP contribution in [0.3, 0.4) is 0 Å². The fourth-order valence-corrected chi connectivity index (χ4v) is 5.17. The van der Waals surface area contributed by atoms with E-state index in [-0.39, 0.29) is 23.8 Å². The lowest BCUT2D eigenvalue weighted by atomic mass is 9.90. The summed E-state index contributed by atoms with van der Waals surface area (Å²) < 4.78 is 0. The van der Waals surface area contributed by atoms with Gasteiger partial charge in [0.2, 0.25) is 5.91 Å². The van der Waals surface area contributed by atoms with E-state index in [4.69, 9.17) is 0 Å². The van der Waals surface area contributed by atoms with Crippen molar-refractivity contribution in [1.82, 2.24) is 20.4 Å². The Labute approximate surface area is 188 Å². The van der Waals surface area contributed by atoms with Crippen LogP contribution in [-0.4, -0.2) is 47.9 Å². The fourth-order valence-electron chi connectivity index (χ4n) is 5.17. The van der Waals surface area contributed by atoms with Gasteiger partial charge in [0, 0.05) is 38.2 Å². The smallest absolute Gasteiger partial charge is 0.321 e. The van der Waals surface area contributed by atoms with Crippen molar-refractivity contribution in [2.45, 2.75) is 25.7 Å². The van der Waals surface area contributed by atoms with Crippen LogP contribution in [0, 0.1) is 22.7 Å². The monoisotopic (exact) mass is 429 g/mol. The van der Waals surface area contributed by atoms with Gasteiger partial charge in [-0.05, 0) is 59.4 Å². The molecule has 0 radical (unpaired) electrons. The van der Waals surface area contributed by atoms with E-state index in [1.807, 2.05) is 47.8 Å². The quantitative estimate of drug-likeness (QED) is 0.770. The van der Waals surface area contributed by atoms with Crippen molar-refractivity contribution in [1.29, 1.82) is 5.26 Å². The molecule has 32 heavy (non-hydrogen) atoms. The zero-order chi connectivity index (χ0) is 22.1. The van der Waals surface area contributed by atoms with Crippen molar-refractivity contribution in [2.24, 2.45) is 11.3 Å². The number of amides is 3. The van der Waals surface area contributed by atoms with Gasteiger partial charge < -0.3 is 15.5 Å². The summed E-state index contributed by atoms with van der Waals surface area (Å²) in [4.78, 5) is 29.0. The highest BCUT2D eigenvalue weighted by atomic mass is 16.2. The van der Waals surface area contributed by atoms with Crippen LogP contribution < -0.4 is 10.6 Å². The number of benzene rings is 1. The number of carbonyl (C=O) groups is 2. The zero-order valence-electron chi connectivity index (χ0n) is 18.0. The Hall–Kier alpha value is -3.53. The van der Waals surface area contributed by atoms with E-state index in [1.165, 1.54) is 0 Å². The lowest BCUT2D eigenvalue weighted by Gasteiger charge is -2.33. The predicted molar refractivity (Wildman–Crippen MR) is 120 cm³/mol. The molecule has 1 saturated heterocycles. The zero-order valence-corrected chi connectivity index (χ0v) is 18.0. The number of urea groups is 1. The van der Waals surface area contributed by atoms with Crippen LogP contribution in [0.5, 0.6) is 0 Å². The molecule has 7 nitrogen and oxygen atoms in total. The molecule has 1 aromatic rings. The average Bonchev–Trinajstić information content (AvgIpc) is 3.29. The summed E-state index contributed by atoms with van der Waals surface area (Å²) in [5.74, 6) is 0.579. The lowest BCUT2D eigenvalue weighted by Crippen LogP contribution is -2.41. The summed E-state index contributed by atoms with van der Waals surface area (Å²) in [7, 11) is 0. The molecule has 1 spiro atoms. The number of carbonyl (C=O) groups excluding carboxylic acids is 2. The molecule has 3 heterocycles. The van der Waals surface area contributed by atoms with Crippen molar-refractivity contribution in [3.05, 3.63) is 71.2 Å². The van der Waals surface area contributed by atoms with Crippen LogP contribution in [0.15, 0.2) is 60.1 Å². The number of likely N-dealkylation sites (tertiary alicyclic amines) is 1. The van der Waals surface area contributed by atoms with Gasteiger partial charge >= 0.3 is 6.03 Å². The molecule has 1 aromatic carbocycles. The minimum absolute atomic E-state index is 0.0491. The highest BCUT2D eigenvalue weighted by Crippen LogP contribution is 2.59. The third-order valence-corrected chi connectivity index (χ3v) is 7.33. The summed E-state index contributed by atoms with van der Waals surface area (Å²) in [6.45, 7) is 2.79. The Balaban J connectivity index is 1.08. The highest BCUT2D eigenvalue weighted by molar-refractivity contribution is 5.80. The number of allylic oxidation sites excluding steroid dienone is 1. The van der Waals surface area contributed by atoms with Crippen molar-refractivity contribution in [3.8, 4) is 6.07 Å². The van der Waals surface area contributed by atoms with Gasteiger partial charge in [0.15, 0.2) is 0 Å². The Bertz CT molecular complexity index is 1070. The Kier molecular flexibility index (Phi) is 5.22. The van der Waals surface area contributed by atoms with Crippen LogP contribution in [0.1, 0.15) is 30.4 Å². The highest BCUT2D eigenvalue weighted by Gasteiger charge is 2.54. The van der Waals surface area contributed by atoms with E-state index in [2.05, 4.69) is 16.7 Å². The molecule has 1 saturated carbocycles. The third-order valence-electron chi connectivity index (χ3n) is 7.33. The molecule has 3 aliphatic heterocycles. The maximum absolute atomic E-state index is 12.8. The number of rotatable bonds is 4. The molecule has 3 amide bonds. The molecule has 2 fully saturated rings. The average molecular weight is 430 g/mol. The number of hydrogen-bond acceptors (Lipinski definition) is 4. The van der Waals surface area contributed by atoms with Gasteiger partial charge in [-0.15, -0.1) is 0 Å². The molecule has 1 unspecified atom stereocenters. The Morgan fingerprint density at radius 3 is 2.84 bits per heavy atom. The van der Waals surface area contributed by atoms with Gasteiger partial charge in [-0.3, -0.25) is 9.69 Å². The maximum Gasteiger partial charge on any atom is 0.321 e. The van der Waals surface area contributed by atoms with Gasteiger partial charge in [-0.2, -0.15) is 5.26 Å². The third kappa shape index (κ3) is 3.89. The molecule has 7 heteroatoms. The molecule has 164 valence electrons. The van der Waals surface area contributed by atoms with Crippen molar-refractivity contribution >= 4 is 11.9 Å².